The molecule has 0 aromatic rings. The molecule has 2 unspecified atom stereocenters. The van der Waals surface area contributed by atoms with E-state index in [1.807, 2.05) is 0 Å². The zero-order chi connectivity index (χ0) is 7.78. The van der Waals surface area contributed by atoms with Gasteiger partial charge in [0.1, 0.15) is 10.6 Å². The number of aliphatic hydroxyl groups excluding tert-OH is 1. The van der Waals surface area contributed by atoms with Crippen molar-refractivity contribution in [2.24, 2.45) is 5.73 Å². The Hall–Kier alpha value is 0.360. The smallest absolute Gasteiger partial charge is 0.121 e. The number of rotatable bonds is 0. The quantitative estimate of drug-likeness (QED) is 0.513. The number of hydrogen-bond donors (Lipinski definition) is 2. The molecule has 0 aliphatic heterocycles. The Morgan fingerprint density at radius 3 is 2.70 bits per heavy atom. The highest BCUT2D eigenvalue weighted by Gasteiger charge is 2.31. The number of nitrogens with two attached hydrogens (primary N) is 1. The van der Waals surface area contributed by atoms with Crippen molar-refractivity contribution in [3.05, 3.63) is 22.7 Å². The minimum Gasteiger partial charge on any atom is -0.385 e. The van der Waals surface area contributed by atoms with Crippen LogP contribution in [0.1, 0.15) is 0 Å². The molecule has 1 aliphatic carbocycles. The van der Waals surface area contributed by atoms with Gasteiger partial charge in [0, 0.05) is 4.48 Å². The summed E-state index contributed by atoms with van der Waals surface area (Å²) in [4.78, 5) is 0. The molecule has 0 aromatic carbocycles. The second-order valence-corrected chi connectivity index (χ2v) is 4.43. The van der Waals surface area contributed by atoms with Gasteiger partial charge in [-0.15, -0.1) is 0 Å². The van der Waals surface area contributed by atoms with Crippen molar-refractivity contribution in [2.45, 2.75) is 10.6 Å². The van der Waals surface area contributed by atoms with Gasteiger partial charge in [0.25, 0.3) is 0 Å². The van der Waals surface area contributed by atoms with Crippen molar-refractivity contribution in [1.82, 2.24) is 0 Å². The molecule has 1 aliphatic rings. The molecule has 0 bridgehead atoms. The van der Waals surface area contributed by atoms with Crippen molar-refractivity contribution in [3.63, 3.8) is 0 Å². The second-order valence-electron chi connectivity index (χ2n) is 2.14. The van der Waals surface area contributed by atoms with Crippen molar-refractivity contribution < 1.29 is 5.11 Å². The minimum atomic E-state index is -0.819. The summed E-state index contributed by atoms with van der Waals surface area (Å²) >= 11 is 6.35. The molecule has 0 spiro atoms. The van der Waals surface area contributed by atoms with Crippen LogP contribution in [0.25, 0.3) is 0 Å². The maximum atomic E-state index is 9.37. The van der Waals surface area contributed by atoms with Crippen LogP contribution >= 0.6 is 31.9 Å². The van der Waals surface area contributed by atoms with E-state index < -0.39 is 10.6 Å². The fourth-order valence-corrected chi connectivity index (χ4v) is 1.92. The third-order valence-electron chi connectivity index (χ3n) is 1.29. The molecule has 4 heteroatoms. The molecule has 0 saturated heterocycles. The van der Waals surface area contributed by atoms with Crippen molar-refractivity contribution in [1.29, 1.82) is 0 Å². The maximum Gasteiger partial charge on any atom is 0.121 e. The number of hydrogen-bond acceptors (Lipinski definition) is 2. The lowest BCUT2D eigenvalue weighted by Gasteiger charge is -2.26. The zero-order valence-corrected chi connectivity index (χ0v) is 8.26. The van der Waals surface area contributed by atoms with Crippen LogP contribution in [0.4, 0.5) is 0 Å². The molecular weight excluding hydrogens is 262 g/mol. The van der Waals surface area contributed by atoms with Gasteiger partial charge in [0.15, 0.2) is 0 Å². The SMILES string of the molecule is NC1(Br)C=CC=C(Br)C1O. The molecule has 1 rings (SSSR count). The van der Waals surface area contributed by atoms with Crippen molar-refractivity contribution >= 4 is 31.9 Å². The first-order valence-electron chi connectivity index (χ1n) is 2.75. The third-order valence-corrected chi connectivity index (χ3v) is 2.68. The summed E-state index contributed by atoms with van der Waals surface area (Å²) in [6.07, 6.45) is 4.54. The highest BCUT2D eigenvalue weighted by atomic mass is 79.9. The topological polar surface area (TPSA) is 46.2 Å². The zero-order valence-electron chi connectivity index (χ0n) is 5.09. The largest absolute Gasteiger partial charge is 0.385 e. The number of aliphatic hydroxyl groups is 1. The summed E-state index contributed by atoms with van der Waals surface area (Å²) in [5, 5.41) is 9.37. The number of halogens is 2. The first-order chi connectivity index (χ1) is 4.54. The first-order valence-corrected chi connectivity index (χ1v) is 4.33. The highest BCUT2D eigenvalue weighted by molar-refractivity contribution is 9.12. The van der Waals surface area contributed by atoms with E-state index in [0.717, 1.165) is 0 Å². The molecule has 0 fully saturated rings. The Kier molecular flexibility index (Phi) is 2.34. The molecule has 0 saturated carbocycles. The molecule has 0 radical (unpaired) electrons. The van der Waals surface area contributed by atoms with E-state index in [4.69, 9.17) is 5.73 Å². The molecule has 0 amide bonds. The van der Waals surface area contributed by atoms with Crippen LogP contribution < -0.4 is 5.73 Å². The van der Waals surface area contributed by atoms with E-state index in [0.29, 0.717) is 4.48 Å². The molecule has 0 heterocycles. The lowest BCUT2D eigenvalue weighted by molar-refractivity contribution is 0.194. The number of alkyl halides is 1. The summed E-state index contributed by atoms with van der Waals surface area (Å²) in [6, 6.07) is 0. The Bertz CT molecular complexity index is 198. The van der Waals surface area contributed by atoms with E-state index in [2.05, 4.69) is 31.9 Å². The van der Waals surface area contributed by atoms with Crippen LogP contribution in [-0.2, 0) is 0 Å². The van der Waals surface area contributed by atoms with E-state index in [1.165, 1.54) is 0 Å². The standard InChI is InChI=1S/C6H7Br2NO/c7-4-2-1-3-6(8,9)5(4)10/h1-3,5,10H,9H2. The second kappa shape index (κ2) is 2.77. The van der Waals surface area contributed by atoms with Crippen molar-refractivity contribution in [2.75, 3.05) is 0 Å². The summed E-state index contributed by atoms with van der Waals surface area (Å²) < 4.78 is -0.130. The van der Waals surface area contributed by atoms with E-state index in [-0.39, 0.29) is 0 Å². The minimum absolute atomic E-state index is 0.689. The third kappa shape index (κ3) is 1.50. The summed E-state index contributed by atoms with van der Waals surface area (Å²) in [5.41, 5.74) is 5.62. The van der Waals surface area contributed by atoms with Gasteiger partial charge >= 0.3 is 0 Å². The van der Waals surface area contributed by atoms with Crippen LogP contribution in [-0.4, -0.2) is 15.7 Å². The predicted molar refractivity (Wildman–Crippen MR) is 48.0 cm³/mol. The molecular formula is C6H7Br2NO. The Morgan fingerprint density at radius 1 is 1.70 bits per heavy atom. The lowest BCUT2D eigenvalue weighted by Crippen LogP contribution is -2.44. The van der Waals surface area contributed by atoms with Crippen molar-refractivity contribution in [3.8, 4) is 0 Å². The van der Waals surface area contributed by atoms with E-state index in [9.17, 15) is 5.11 Å². The Morgan fingerprint density at radius 2 is 2.30 bits per heavy atom. The highest BCUT2D eigenvalue weighted by Crippen LogP contribution is 2.29. The van der Waals surface area contributed by atoms with Crippen LogP contribution in [0.5, 0.6) is 0 Å². The molecule has 3 N–H and O–H groups in total. The molecule has 56 valence electrons. The van der Waals surface area contributed by atoms with Gasteiger partial charge in [-0.2, -0.15) is 0 Å². The monoisotopic (exact) mass is 267 g/mol. The van der Waals surface area contributed by atoms with Gasteiger partial charge in [-0.05, 0) is 6.08 Å². The maximum absolute atomic E-state index is 9.37. The van der Waals surface area contributed by atoms with Gasteiger partial charge in [0.2, 0.25) is 0 Å². The summed E-state index contributed by atoms with van der Waals surface area (Å²) in [7, 11) is 0. The number of allylic oxidation sites excluding steroid dienone is 2. The van der Waals surface area contributed by atoms with Gasteiger partial charge in [-0.3, -0.25) is 0 Å². The van der Waals surface area contributed by atoms with Gasteiger partial charge in [-0.25, -0.2) is 0 Å². The van der Waals surface area contributed by atoms with Crippen LogP contribution in [0, 0.1) is 0 Å². The van der Waals surface area contributed by atoms with Crippen LogP contribution in [0.15, 0.2) is 22.7 Å². The van der Waals surface area contributed by atoms with Gasteiger partial charge in [0.05, 0.1) is 0 Å². The van der Waals surface area contributed by atoms with Crippen LogP contribution in [0.2, 0.25) is 0 Å². The average Bonchev–Trinajstić information content (AvgIpc) is 1.83. The molecule has 2 nitrogen and oxygen atoms in total. The Balaban J connectivity index is 2.89. The predicted octanol–water partition coefficient (Wildman–Crippen LogP) is 1.25. The molecule has 2 atom stereocenters. The lowest BCUT2D eigenvalue weighted by atomic mass is 10.1. The fraction of sp³-hybridized carbons (Fsp3) is 0.333. The van der Waals surface area contributed by atoms with Gasteiger partial charge in [-0.1, -0.05) is 44.0 Å². The normalized spacial score (nSPS) is 39.6. The van der Waals surface area contributed by atoms with Gasteiger partial charge < -0.3 is 10.8 Å². The molecule has 0 aromatic heterocycles. The van der Waals surface area contributed by atoms with E-state index in [1.54, 1.807) is 18.2 Å². The fourth-order valence-electron chi connectivity index (χ4n) is 0.681. The molecule has 10 heavy (non-hydrogen) atoms. The summed E-state index contributed by atoms with van der Waals surface area (Å²) in [5.74, 6) is 0. The first kappa shape index (κ1) is 8.46. The Labute approximate surface area is 76.0 Å². The van der Waals surface area contributed by atoms with Crippen LogP contribution in [0.3, 0.4) is 0 Å². The van der Waals surface area contributed by atoms with E-state index >= 15 is 0 Å². The average molecular weight is 269 g/mol. The summed E-state index contributed by atoms with van der Waals surface area (Å²) in [6.45, 7) is 0.